The third kappa shape index (κ3) is 2.39. The average molecular weight is 225 g/mol. The van der Waals surface area contributed by atoms with Gasteiger partial charge in [-0.25, -0.2) is 0 Å². The maximum absolute atomic E-state index is 5.41. The van der Waals surface area contributed by atoms with Crippen LogP contribution in [0.2, 0.25) is 0 Å². The lowest BCUT2D eigenvalue weighted by Gasteiger charge is -2.22. The largest absolute Gasteiger partial charge is 0.496 e. The van der Waals surface area contributed by atoms with E-state index >= 15 is 0 Å². The van der Waals surface area contributed by atoms with Gasteiger partial charge in [0.2, 0.25) is 0 Å². The Labute approximate surface area is 96.7 Å². The Kier molecular flexibility index (Phi) is 4.43. The molecule has 1 aromatic carbocycles. The molecule has 0 aliphatic rings. The van der Waals surface area contributed by atoms with Gasteiger partial charge in [-0.3, -0.25) is 0 Å². The second-order valence-electron chi connectivity index (χ2n) is 3.56. The first-order valence-corrected chi connectivity index (χ1v) is 5.07. The van der Waals surface area contributed by atoms with Crippen molar-refractivity contribution in [1.29, 1.82) is 0 Å². The van der Waals surface area contributed by atoms with Crippen molar-refractivity contribution < 1.29 is 14.2 Å². The normalized spacial score (nSPS) is 10.1. The smallest absolute Gasteiger partial charge is 0.148 e. The van der Waals surface area contributed by atoms with Crippen LogP contribution in [-0.4, -0.2) is 35.1 Å². The molecule has 0 unspecified atom stereocenters. The number of methoxy groups -OCH3 is 3. The van der Waals surface area contributed by atoms with Gasteiger partial charge in [-0.1, -0.05) is 0 Å². The molecule has 0 aliphatic heterocycles. The van der Waals surface area contributed by atoms with E-state index in [1.807, 2.05) is 31.0 Å². The molecule has 1 aromatic rings. The summed E-state index contributed by atoms with van der Waals surface area (Å²) in [4.78, 5) is 1.98. The minimum absolute atomic E-state index is 0.516. The number of hydrogen-bond acceptors (Lipinski definition) is 4. The van der Waals surface area contributed by atoms with E-state index < -0.39 is 0 Å². The van der Waals surface area contributed by atoms with Crippen molar-refractivity contribution in [2.75, 3.05) is 40.0 Å². The molecular weight excluding hydrogens is 206 g/mol. The first kappa shape index (κ1) is 12.6. The van der Waals surface area contributed by atoms with Crippen molar-refractivity contribution in [2.45, 2.75) is 6.92 Å². The Balaban J connectivity index is 3.14. The standard InChI is InChI=1S/C12H19NO3/c1-9-11(15-4)7-6-10(12(9)16-5)13(2)8-14-3/h6-7H,8H2,1-5H3. The Morgan fingerprint density at radius 1 is 1.12 bits per heavy atom. The van der Waals surface area contributed by atoms with Crippen LogP contribution in [0, 0.1) is 6.92 Å². The molecule has 0 saturated carbocycles. The van der Waals surface area contributed by atoms with E-state index in [0.717, 1.165) is 22.7 Å². The van der Waals surface area contributed by atoms with Gasteiger partial charge in [0.1, 0.15) is 18.2 Å². The van der Waals surface area contributed by atoms with Gasteiger partial charge in [0.25, 0.3) is 0 Å². The first-order valence-electron chi connectivity index (χ1n) is 5.07. The fourth-order valence-electron chi connectivity index (χ4n) is 1.70. The molecule has 4 nitrogen and oxygen atoms in total. The van der Waals surface area contributed by atoms with Gasteiger partial charge in [-0.15, -0.1) is 0 Å². The lowest BCUT2D eigenvalue weighted by atomic mass is 10.1. The zero-order chi connectivity index (χ0) is 12.1. The highest BCUT2D eigenvalue weighted by Crippen LogP contribution is 2.36. The molecule has 0 radical (unpaired) electrons. The molecule has 0 saturated heterocycles. The molecule has 0 N–H and O–H groups in total. The molecule has 0 amide bonds. The second kappa shape index (κ2) is 5.61. The Morgan fingerprint density at radius 2 is 1.81 bits per heavy atom. The molecule has 90 valence electrons. The van der Waals surface area contributed by atoms with Gasteiger partial charge >= 0.3 is 0 Å². The lowest BCUT2D eigenvalue weighted by molar-refractivity contribution is 0.201. The van der Waals surface area contributed by atoms with Crippen LogP contribution in [0.15, 0.2) is 12.1 Å². The number of anilines is 1. The summed E-state index contributed by atoms with van der Waals surface area (Å²) in [5, 5.41) is 0. The minimum atomic E-state index is 0.516. The highest BCUT2D eigenvalue weighted by molar-refractivity contribution is 5.64. The summed E-state index contributed by atoms with van der Waals surface area (Å²) in [5.41, 5.74) is 1.98. The van der Waals surface area contributed by atoms with Crippen LogP contribution >= 0.6 is 0 Å². The van der Waals surface area contributed by atoms with Crippen LogP contribution in [0.5, 0.6) is 11.5 Å². The number of benzene rings is 1. The molecule has 4 heteroatoms. The van der Waals surface area contributed by atoms with Crippen molar-refractivity contribution in [2.24, 2.45) is 0 Å². The molecular formula is C12H19NO3. The summed E-state index contributed by atoms with van der Waals surface area (Å²) in [6, 6.07) is 3.89. The van der Waals surface area contributed by atoms with E-state index in [1.54, 1.807) is 21.3 Å². The van der Waals surface area contributed by atoms with E-state index in [1.165, 1.54) is 0 Å². The van der Waals surface area contributed by atoms with Gasteiger partial charge in [0.15, 0.2) is 0 Å². The molecule has 1 rings (SSSR count). The molecule has 0 bridgehead atoms. The molecule has 0 fully saturated rings. The van der Waals surface area contributed by atoms with E-state index in [4.69, 9.17) is 14.2 Å². The summed E-state index contributed by atoms with van der Waals surface area (Å²) in [5.74, 6) is 1.64. The zero-order valence-corrected chi connectivity index (χ0v) is 10.5. The van der Waals surface area contributed by atoms with Crippen LogP contribution in [0.3, 0.4) is 0 Å². The van der Waals surface area contributed by atoms with Gasteiger partial charge in [-0.05, 0) is 19.1 Å². The zero-order valence-electron chi connectivity index (χ0n) is 10.5. The summed E-state index contributed by atoms with van der Waals surface area (Å²) < 4.78 is 15.8. The Bertz CT molecular complexity index is 352. The maximum Gasteiger partial charge on any atom is 0.148 e. The van der Waals surface area contributed by atoms with Crippen LogP contribution in [0.1, 0.15) is 5.56 Å². The highest BCUT2D eigenvalue weighted by Gasteiger charge is 2.13. The molecule has 0 spiro atoms. The Morgan fingerprint density at radius 3 is 2.31 bits per heavy atom. The first-order chi connectivity index (χ1) is 7.65. The van der Waals surface area contributed by atoms with E-state index in [9.17, 15) is 0 Å². The lowest BCUT2D eigenvalue weighted by Crippen LogP contribution is -2.20. The van der Waals surface area contributed by atoms with E-state index in [-0.39, 0.29) is 0 Å². The van der Waals surface area contributed by atoms with Crippen molar-refractivity contribution in [3.05, 3.63) is 17.7 Å². The summed E-state index contributed by atoms with van der Waals surface area (Å²) >= 11 is 0. The number of hydrogen-bond donors (Lipinski definition) is 0. The second-order valence-corrected chi connectivity index (χ2v) is 3.56. The summed E-state index contributed by atoms with van der Waals surface area (Å²) in [6.07, 6.45) is 0. The molecule has 0 aromatic heterocycles. The maximum atomic E-state index is 5.41. The quantitative estimate of drug-likeness (QED) is 0.718. The van der Waals surface area contributed by atoms with E-state index in [0.29, 0.717) is 6.73 Å². The summed E-state index contributed by atoms with van der Waals surface area (Å²) in [6.45, 7) is 2.49. The monoisotopic (exact) mass is 225 g/mol. The minimum Gasteiger partial charge on any atom is -0.496 e. The van der Waals surface area contributed by atoms with Gasteiger partial charge in [0.05, 0.1) is 19.9 Å². The average Bonchev–Trinajstić information content (AvgIpc) is 2.28. The van der Waals surface area contributed by atoms with Crippen molar-refractivity contribution in [3.63, 3.8) is 0 Å². The highest BCUT2D eigenvalue weighted by atomic mass is 16.5. The van der Waals surface area contributed by atoms with Crippen molar-refractivity contribution in [1.82, 2.24) is 0 Å². The molecule has 0 aliphatic carbocycles. The van der Waals surface area contributed by atoms with Crippen LogP contribution in [-0.2, 0) is 4.74 Å². The molecule has 16 heavy (non-hydrogen) atoms. The number of nitrogens with zero attached hydrogens (tertiary/aromatic N) is 1. The van der Waals surface area contributed by atoms with E-state index in [2.05, 4.69) is 0 Å². The SMILES string of the molecule is COCN(C)c1ccc(OC)c(C)c1OC. The number of ether oxygens (including phenoxy) is 3. The van der Waals surface area contributed by atoms with Gasteiger partial charge in [-0.2, -0.15) is 0 Å². The van der Waals surface area contributed by atoms with Crippen molar-refractivity contribution in [3.8, 4) is 11.5 Å². The number of rotatable bonds is 5. The fraction of sp³-hybridized carbons (Fsp3) is 0.500. The Hall–Kier alpha value is -1.42. The predicted octanol–water partition coefficient (Wildman–Crippen LogP) is 2.05. The molecule has 0 atom stereocenters. The van der Waals surface area contributed by atoms with Gasteiger partial charge in [0, 0.05) is 19.7 Å². The van der Waals surface area contributed by atoms with Gasteiger partial charge < -0.3 is 19.1 Å². The summed E-state index contributed by atoms with van der Waals surface area (Å²) in [7, 11) is 6.93. The van der Waals surface area contributed by atoms with Crippen LogP contribution < -0.4 is 14.4 Å². The third-order valence-corrected chi connectivity index (χ3v) is 2.49. The fourth-order valence-corrected chi connectivity index (χ4v) is 1.70. The molecule has 0 heterocycles. The third-order valence-electron chi connectivity index (χ3n) is 2.49. The predicted molar refractivity (Wildman–Crippen MR) is 64.6 cm³/mol. The topological polar surface area (TPSA) is 30.9 Å². The van der Waals surface area contributed by atoms with Crippen LogP contribution in [0.4, 0.5) is 5.69 Å². The van der Waals surface area contributed by atoms with Crippen molar-refractivity contribution >= 4 is 5.69 Å². The van der Waals surface area contributed by atoms with Crippen LogP contribution in [0.25, 0.3) is 0 Å².